The van der Waals surface area contributed by atoms with Gasteiger partial charge >= 0.3 is 10.4 Å². The number of likely N-dealkylation sites (N-methyl/N-ethyl adjacent to an activating group) is 2. The molecule has 27 heteroatoms. The Bertz CT molecular complexity index is 2940. The van der Waals surface area contributed by atoms with Gasteiger partial charge in [-0.1, -0.05) is 0 Å². The quantitative estimate of drug-likeness (QED) is 0.0664. The summed E-state index contributed by atoms with van der Waals surface area (Å²) in [6.45, 7) is 10.3. The molecule has 0 saturated carbocycles. The van der Waals surface area contributed by atoms with Crippen molar-refractivity contribution in [2.45, 2.75) is 76.7 Å². The Balaban J connectivity index is 0.000000229. The van der Waals surface area contributed by atoms with Crippen molar-refractivity contribution in [3.05, 3.63) is 79.7 Å². The lowest BCUT2D eigenvalue weighted by Gasteiger charge is -2.50. The predicted molar refractivity (Wildman–Crippen MR) is 277 cm³/mol. The molecule has 0 saturated heterocycles. The third-order valence-electron chi connectivity index (χ3n) is 15.7. The summed E-state index contributed by atoms with van der Waals surface area (Å²) in [5.41, 5.74) is 17.6. The molecule has 2 aromatic carbocycles. The first-order valence-corrected chi connectivity index (χ1v) is 25.8. The van der Waals surface area contributed by atoms with Gasteiger partial charge in [-0.05, 0) is 117 Å². The monoisotopic (exact) mass is 1100 g/mol. The zero-order valence-corrected chi connectivity index (χ0v) is 44.3. The summed E-state index contributed by atoms with van der Waals surface area (Å²) in [5.74, 6) is -13.8. The highest BCUT2D eigenvalue weighted by molar-refractivity contribution is 7.79. The first kappa shape index (κ1) is 59.0. The fourth-order valence-electron chi connectivity index (χ4n) is 12.3. The molecule has 0 fully saturated rings. The average Bonchev–Trinajstić information content (AvgIpc) is 3.31. The van der Waals surface area contributed by atoms with Crippen molar-refractivity contribution in [2.75, 3.05) is 75.6 Å². The summed E-state index contributed by atoms with van der Waals surface area (Å²) in [6, 6.07) is 1.17. The molecular formula is C50H66N8O18S. The number of nitrogen functional groups attached to an aromatic ring is 2. The molecule has 0 spiro atoms. The van der Waals surface area contributed by atoms with Gasteiger partial charge in [0.25, 0.3) is 11.8 Å². The Morgan fingerprint density at radius 3 is 1.13 bits per heavy atom. The molecule has 6 aliphatic carbocycles. The van der Waals surface area contributed by atoms with Gasteiger partial charge < -0.3 is 73.6 Å². The second kappa shape index (κ2) is 20.9. The third-order valence-corrected chi connectivity index (χ3v) is 15.7. The Hall–Kier alpha value is -7.27. The molecule has 0 aromatic heterocycles. The number of carbonyl (C=O) groups is 6. The Labute approximate surface area is 442 Å². The predicted octanol–water partition coefficient (Wildman–Crippen LogP) is 0.445. The van der Waals surface area contributed by atoms with Crippen LogP contribution in [0.1, 0.15) is 72.4 Å². The molecule has 26 nitrogen and oxygen atoms in total. The van der Waals surface area contributed by atoms with Crippen LogP contribution in [0, 0.1) is 23.7 Å². The summed E-state index contributed by atoms with van der Waals surface area (Å²) in [4.78, 5) is 85.3. The number of fused-ring (bicyclic) bond motifs is 6. The number of allylic oxidation sites excluding steroid dienone is 2. The molecule has 0 heterocycles. The molecule has 2 amide bonds. The Morgan fingerprint density at radius 1 is 0.597 bits per heavy atom. The number of phenols is 2. The molecule has 0 radical (unpaired) electrons. The number of anilines is 4. The molecule has 6 aliphatic rings. The summed E-state index contributed by atoms with van der Waals surface area (Å²) in [6.07, 6.45) is 0.506. The molecular weight excluding hydrogens is 1030 g/mol. The number of nitrogens with zero attached hydrogens (tertiary/aromatic N) is 4. The lowest BCUT2D eigenvalue weighted by molar-refractivity contribution is -0.149. The minimum absolute atomic E-state index is 0.0137. The van der Waals surface area contributed by atoms with Crippen molar-refractivity contribution < 1.29 is 87.1 Å². The van der Waals surface area contributed by atoms with E-state index in [0.29, 0.717) is 48.7 Å². The number of benzene rings is 2. The van der Waals surface area contributed by atoms with Gasteiger partial charge in [0, 0.05) is 60.5 Å². The number of rotatable bonds is 10. The molecule has 420 valence electrons. The van der Waals surface area contributed by atoms with Crippen LogP contribution in [0.3, 0.4) is 0 Å². The highest BCUT2D eigenvalue weighted by Crippen LogP contribution is 2.56. The molecule has 18 N–H and O–H groups in total. The number of hydrogen-bond acceptors (Lipinski definition) is 22. The number of aliphatic hydroxyl groups excluding tert-OH is 4. The zero-order chi connectivity index (χ0) is 58.2. The van der Waals surface area contributed by atoms with Gasteiger partial charge in [0.15, 0.2) is 22.8 Å². The number of Topliss-reactive ketones (excluding diaryl/α,β-unsaturated/α-hetero) is 4. The highest BCUT2D eigenvalue weighted by atomic mass is 32.3. The lowest BCUT2D eigenvalue weighted by Crippen LogP contribution is -2.63. The number of aromatic hydroxyl groups is 2. The smallest absolute Gasteiger partial charge is 0.394 e. The molecule has 0 aliphatic heterocycles. The van der Waals surface area contributed by atoms with Gasteiger partial charge in [0.05, 0.1) is 34.6 Å². The lowest BCUT2D eigenvalue weighted by atomic mass is 9.58. The number of amides is 2. The van der Waals surface area contributed by atoms with Gasteiger partial charge in [-0.25, -0.2) is 0 Å². The van der Waals surface area contributed by atoms with Gasteiger partial charge in [-0.3, -0.25) is 47.7 Å². The SMILES string of the molecule is CCN(CC)c1cc(N)c(O)c2c1CC1CC3[C@H](N(C)C)C(O)=C(C(N)=O)C(=O)C3(O)C(O)=C1C2=O.CCN(CC)c1cc(N)c(O)c2c1CC1CC3[C@H](N(C)C)C(O)=C(C(N)=O)C(=O)C3(O)C(O)=C1C2=O.O=S(=O)(O)O. The number of phenolic OH excluding ortho intramolecular Hbond substituents is 2. The van der Waals surface area contributed by atoms with Crippen molar-refractivity contribution in [2.24, 2.45) is 35.1 Å². The normalized spacial score (nSPS) is 26.6. The Morgan fingerprint density at radius 2 is 0.883 bits per heavy atom. The van der Waals surface area contributed by atoms with Crippen LogP contribution in [-0.2, 0) is 42.4 Å². The summed E-state index contributed by atoms with van der Waals surface area (Å²) >= 11 is 0. The van der Waals surface area contributed by atoms with E-state index in [-0.39, 0.29) is 59.3 Å². The van der Waals surface area contributed by atoms with Gasteiger partial charge in [-0.2, -0.15) is 8.42 Å². The number of aliphatic hydroxyl groups is 6. The van der Waals surface area contributed by atoms with E-state index in [0.717, 1.165) is 0 Å². The van der Waals surface area contributed by atoms with E-state index in [2.05, 4.69) is 0 Å². The number of carbonyl (C=O) groups excluding carboxylic acids is 6. The van der Waals surface area contributed by atoms with Crippen molar-refractivity contribution in [3.8, 4) is 11.5 Å². The summed E-state index contributed by atoms with van der Waals surface area (Å²) in [7, 11) is 1.69. The summed E-state index contributed by atoms with van der Waals surface area (Å²) < 4.78 is 31.6. The molecule has 77 heavy (non-hydrogen) atoms. The maximum atomic E-state index is 13.8. The van der Waals surface area contributed by atoms with Gasteiger partial charge in [0.2, 0.25) is 11.6 Å². The molecule has 6 unspecified atom stereocenters. The maximum absolute atomic E-state index is 13.8. The van der Waals surface area contributed by atoms with E-state index < -0.39 is 138 Å². The number of nitrogens with two attached hydrogens (primary N) is 4. The van der Waals surface area contributed by atoms with Crippen LogP contribution in [0.15, 0.2) is 57.5 Å². The minimum atomic E-state index is -4.67. The van der Waals surface area contributed by atoms with Crippen molar-refractivity contribution in [3.63, 3.8) is 0 Å². The first-order valence-electron chi connectivity index (χ1n) is 24.4. The number of hydrogen-bond donors (Lipinski definition) is 14. The van der Waals surface area contributed by atoms with Gasteiger partial charge in [0.1, 0.15) is 45.7 Å². The van der Waals surface area contributed by atoms with Crippen LogP contribution in [0.25, 0.3) is 0 Å². The molecule has 8 rings (SSSR count). The standard InChI is InChI=1S/2C25H32N4O7.H2O4S/c2*1-5-29(6-2)14-9-13(26)19(30)16-11(14)7-10-8-12-18(28(3)4)21(32)17(24(27)35)23(34)25(12,36)22(33)15(10)20(16)31;1-5(2,3)4/h2*9-10,12,18,30,32-33,36H,5-8,26H2,1-4H3,(H2,27,35);(H2,1,2,3,4)/t2*10?,12?,18-,25?;/m00./s1. The Kier molecular flexibility index (Phi) is 16.0. The van der Waals surface area contributed by atoms with E-state index >= 15 is 0 Å². The third kappa shape index (κ3) is 9.37. The van der Waals surface area contributed by atoms with Crippen LogP contribution < -0.4 is 32.7 Å². The van der Waals surface area contributed by atoms with Crippen LogP contribution in [-0.4, -0.2) is 181 Å². The maximum Gasteiger partial charge on any atom is 0.394 e. The first-order chi connectivity index (χ1) is 35.6. The number of primary amides is 2. The van der Waals surface area contributed by atoms with Crippen molar-refractivity contribution >= 4 is 68.1 Å². The zero-order valence-electron chi connectivity index (χ0n) is 43.5. The second-order valence-electron chi connectivity index (χ2n) is 20.1. The van der Waals surface area contributed by atoms with E-state index in [4.69, 9.17) is 40.5 Å². The van der Waals surface area contributed by atoms with E-state index in [1.165, 1.54) is 9.80 Å². The van der Waals surface area contributed by atoms with Crippen LogP contribution in [0.5, 0.6) is 11.5 Å². The van der Waals surface area contributed by atoms with E-state index in [1.807, 2.05) is 37.5 Å². The molecule has 8 atom stereocenters. The molecule has 2 aromatic rings. The minimum Gasteiger partial charge on any atom is -0.510 e. The number of ketones is 4. The van der Waals surface area contributed by atoms with Crippen LogP contribution in [0.2, 0.25) is 0 Å². The highest BCUT2D eigenvalue weighted by Gasteiger charge is 2.65. The summed E-state index contributed by atoms with van der Waals surface area (Å²) in [5, 5.41) is 89.1. The van der Waals surface area contributed by atoms with Crippen LogP contribution >= 0.6 is 0 Å². The van der Waals surface area contributed by atoms with Gasteiger partial charge in [-0.15, -0.1) is 0 Å². The van der Waals surface area contributed by atoms with Crippen LogP contribution in [0.4, 0.5) is 22.7 Å². The molecule has 0 bridgehead atoms. The second-order valence-corrected chi connectivity index (χ2v) is 21.0. The van der Waals surface area contributed by atoms with E-state index in [9.17, 15) is 69.6 Å². The average molecular weight is 1100 g/mol. The van der Waals surface area contributed by atoms with E-state index in [1.54, 1.807) is 40.3 Å². The van der Waals surface area contributed by atoms with Crippen molar-refractivity contribution in [1.82, 2.24) is 9.80 Å². The topological polar surface area (TPSA) is 456 Å². The van der Waals surface area contributed by atoms with Crippen molar-refractivity contribution in [1.29, 1.82) is 0 Å². The largest absolute Gasteiger partial charge is 0.510 e. The fraction of sp³-hybridized carbons (Fsp3) is 0.480. The fourth-order valence-corrected chi connectivity index (χ4v) is 12.3.